The number of rotatable bonds is 6. The Balaban J connectivity index is 1.61. The number of amides is 1. The number of anilines is 1. The quantitative estimate of drug-likeness (QED) is 0.257. The van der Waals surface area contributed by atoms with Gasteiger partial charge >= 0.3 is 0 Å². The molecule has 0 bridgehead atoms. The maximum absolute atomic E-state index is 12.0. The van der Waals surface area contributed by atoms with Gasteiger partial charge in [-0.2, -0.15) is 5.10 Å². The largest absolute Gasteiger partial charge is 0.376 e. The molecule has 7 heteroatoms. The van der Waals surface area contributed by atoms with Crippen LogP contribution in [0.15, 0.2) is 64.2 Å². The molecule has 0 radical (unpaired) electrons. The molecular formula is C21H20BrIN4O. The molecule has 0 fully saturated rings. The minimum atomic E-state index is -0.203. The average Bonchev–Trinajstić information content (AvgIpc) is 2.96. The van der Waals surface area contributed by atoms with Gasteiger partial charge in [0.1, 0.15) is 0 Å². The van der Waals surface area contributed by atoms with Gasteiger partial charge in [-0.25, -0.2) is 5.43 Å². The predicted octanol–water partition coefficient (Wildman–Crippen LogP) is 5.02. The summed E-state index contributed by atoms with van der Waals surface area (Å²) in [5.41, 5.74) is 7.71. The van der Waals surface area contributed by atoms with Crippen LogP contribution in [0.5, 0.6) is 0 Å². The van der Waals surface area contributed by atoms with E-state index in [4.69, 9.17) is 0 Å². The SMILES string of the molecule is Cc1cc(/C=N\NC(=O)CNc2ccc(Br)cc2)c(C)n1-c1ccc(I)cc1. The highest BCUT2D eigenvalue weighted by molar-refractivity contribution is 14.1. The number of aryl methyl sites for hydroxylation is 1. The second-order valence-corrected chi connectivity index (χ2v) is 8.45. The normalized spacial score (nSPS) is 11.0. The van der Waals surface area contributed by atoms with E-state index in [-0.39, 0.29) is 12.5 Å². The Morgan fingerprint density at radius 2 is 1.82 bits per heavy atom. The van der Waals surface area contributed by atoms with Crippen molar-refractivity contribution in [2.75, 3.05) is 11.9 Å². The summed E-state index contributed by atoms with van der Waals surface area (Å²) in [6.07, 6.45) is 1.68. The smallest absolute Gasteiger partial charge is 0.259 e. The van der Waals surface area contributed by atoms with Gasteiger partial charge in [-0.15, -0.1) is 0 Å². The zero-order chi connectivity index (χ0) is 20.1. The molecule has 3 rings (SSSR count). The maximum Gasteiger partial charge on any atom is 0.259 e. The average molecular weight is 551 g/mol. The minimum absolute atomic E-state index is 0.153. The number of halogens is 2. The fourth-order valence-corrected chi connectivity index (χ4v) is 3.49. The van der Waals surface area contributed by atoms with Crippen molar-refractivity contribution < 1.29 is 4.79 Å². The van der Waals surface area contributed by atoms with Crippen LogP contribution in [-0.4, -0.2) is 23.2 Å². The lowest BCUT2D eigenvalue weighted by atomic mass is 10.2. The zero-order valence-electron chi connectivity index (χ0n) is 15.5. The Kier molecular flexibility index (Phi) is 6.90. The van der Waals surface area contributed by atoms with Gasteiger partial charge < -0.3 is 9.88 Å². The van der Waals surface area contributed by atoms with Crippen LogP contribution in [0.2, 0.25) is 0 Å². The summed E-state index contributed by atoms with van der Waals surface area (Å²) in [6.45, 7) is 4.26. The fraction of sp³-hybridized carbons (Fsp3) is 0.143. The third-order valence-corrected chi connectivity index (χ3v) is 5.49. The summed E-state index contributed by atoms with van der Waals surface area (Å²) < 4.78 is 4.37. The van der Waals surface area contributed by atoms with Gasteiger partial charge in [0.25, 0.3) is 5.91 Å². The number of hydrogen-bond acceptors (Lipinski definition) is 3. The maximum atomic E-state index is 12.0. The van der Waals surface area contributed by atoms with Crippen molar-refractivity contribution >= 4 is 56.3 Å². The van der Waals surface area contributed by atoms with Crippen molar-refractivity contribution in [3.8, 4) is 5.69 Å². The minimum Gasteiger partial charge on any atom is -0.376 e. The standard InChI is InChI=1S/C21H20BrIN4O/c1-14-11-16(15(2)27(14)20-9-5-18(23)6-10-20)12-25-26-21(28)13-24-19-7-3-17(22)4-8-19/h3-12,24H,13H2,1-2H3,(H,26,28)/b25-12-. The summed E-state index contributed by atoms with van der Waals surface area (Å²) in [4.78, 5) is 12.0. The molecular weight excluding hydrogens is 531 g/mol. The summed E-state index contributed by atoms with van der Waals surface area (Å²) >= 11 is 5.68. The van der Waals surface area contributed by atoms with Crippen molar-refractivity contribution in [3.63, 3.8) is 0 Å². The van der Waals surface area contributed by atoms with Gasteiger partial charge in [0.15, 0.2) is 0 Å². The van der Waals surface area contributed by atoms with Gasteiger partial charge in [0.05, 0.1) is 12.8 Å². The van der Waals surface area contributed by atoms with Gasteiger partial charge in [0, 0.05) is 36.4 Å². The van der Waals surface area contributed by atoms with Crippen molar-refractivity contribution in [1.82, 2.24) is 9.99 Å². The summed E-state index contributed by atoms with van der Waals surface area (Å²) in [7, 11) is 0. The van der Waals surface area contributed by atoms with Gasteiger partial charge in [-0.3, -0.25) is 4.79 Å². The highest BCUT2D eigenvalue weighted by atomic mass is 127. The molecule has 1 aromatic heterocycles. The number of carbonyl (C=O) groups excluding carboxylic acids is 1. The first kappa shape index (κ1) is 20.6. The molecule has 2 N–H and O–H groups in total. The molecule has 28 heavy (non-hydrogen) atoms. The molecule has 3 aromatic rings. The molecule has 1 heterocycles. The van der Waals surface area contributed by atoms with Gasteiger partial charge in [-0.1, -0.05) is 15.9 Å². The Morgan fingerprint density at radius 3 is 2.50 bits per heavy atom. The van der Waals surface area contributed by atoms with E-state index in [1.807, 2.05) is 31.2 Å². The summed E-state index contributed by atoms with van der Waals surface area (Å²) in [5, 5.41) is 7.16. The Morgan fingerprint density at radius 1 is 1.14 bits per heavy atom. The lowest BCUT2D eigenvalue weighted by Crippen LogP contribution is -2.25. The monoisotopic (exact) mass is 550 g/mol. The number of carbonyl (C=O) groups is 1. The van der Waals surface area contributed by atoms with Crippen molar-refractivity contribution in [3.05, 3.63) is 79.6 Å². The first-order valence-corrected chi connectivity index (χ1v) is 10.6. The molecule has 0 spiro atoms. The van der Waals surface area contributed by atoms with E-state index < -0.39 is 0 Å². The van der Waals surface area contributed by atoms with Crippen LogP contribution in [0.25, 0.3) is 5.69 Å². The second kappa shape index (κ2) is 9.38. The van der Waals surface area contributed by atoms with Crippen LogP contribution < -0.4 is 10.7 Å². The number of hydrazone groups is 1. The van der Waals surface area contributed by atoms with Gasteiger partial charge in [0.2, 0.25) is 0 Å². The van der Waals surface area contributed by atoms with Crippen LogP contribution in [0.3, 0.4) is 0 Å². The molecule has 0 aliphatic rings. The van der Waals surface area contributed by atoms with Crippen LogP contribution in [0.4, 0.5) is 5.69 Å². The molecule has 0 saturated heterocycles. The van der Waals surface area contributed by atoms with Crippen LogP contribution in [0, 0.1) is 17.4 Å². The molecule has 2 aromatic carbocycles. The number of hydrogen-bond donors (Lipinski definition) is 2. The highest BCUT2D eigenvalue weighted by Crippen LogP contribution is 2.20. The van der Waals surface area contributed by atoms with Crippen molar-refractivity contribution in [2.24, 2.45) is 5.10 Å². The third kappa shape index (κ3) is 5.23. The molecule has 0 saturated carbocycles. The molecule has 1 amide bonds. The Hall–Kier alpha value is -2.13. The second-order valence-electron chi connectivity index (χ2n) is 6.29. The Bertz CT molecular complexity index is 994. The number of benzene rings is 2. The summed E-state index contributed by atoms with van der Waals surface area (Å²) in [5.74, 6) is -0.203. The predicted molar refractivity (Wildman–Crippen MR) is 126 cm³/mol. The number of nitrogens with one attached hydrogen (secondary N) is 2. The highest BCUT2D eigenvalue weighted by Gasteiger charge is 2.09. The van der Waals surface area contributed by atoms with Crippen LogP contribution >= 0.6 is 38.5 Å². The molecule has 5 nitrogen and oxygen atoms in total. The molecule has 0 aliphatic heterocycles. The van der Waals surface area contributed by atoms with E-state index in [1.165, 1.54) is 3.57 Å². The molecule has 0 aliphatic carbocycles. The van der Waals surface area contributed by atoms with E-state index in [9.17, 15) is 4.79 Å². The van der Waals surface area contributed by atoms with Crippen LogP contribution in [-0.2, 0) is 4.79 Å². The zero-order valence-corrected chi connectivity index (χ0v) is 19.3. The fourth-order valence-electron chi connectivity index (χ4n) is 2.87. The first-order valence-electron chi connectivity index (χ1n) is 8.70. The summed E-state index contributed by atoms with van der Waals surface area (Å²) in [6, 6.07) is 18.1. The van der Waals surface area contributed by atoms with E-state index >= 15 is 0 Å². The lowest BCUT2D eigenvalue weighted by Gasteiger charge is -2.09. The molecule has 0 unspecified atom stereocenters. The van der Waals surface area contributed by atoms with E-state index in [0.717, 1.165) is 32.8 Å². The van der Waals surface area contributed by atoms with Gasteiger partial charge in [-0.05, 0) is 91.0 Å². The van der Waals surface area contributed by atoms with E-state index in [0.29, 0.717) is 0 Å². The molecule has 0 atom stereocenters. The third-order valence-electron chi connectivity index (χ3n) is 4.25. The van der Waals surface area contributed by atoms with Crippen molar-refractivity contribution in [1.29, 1.82) is 0 Å². The lowest BCUT2D eigenvalue weighted by molar-refractivity contribution is -0.119. The number of nitrogens with zero attached hydrogens (tertiary/aromatic N) is 2. The topological polar surface area (TPSA) is 58.4 Å². The Labute approximate surface area is 186 Å². The van der Waals surface area contributed by atoms with Crippen molar-refractivity contribution in [2.45, 2.75) is 13.8 Å². The van der Waals surface area contributed by atoms with E-state index in [2.05, 4.69) is 96.2 Å². The molecule has 144 valence electrons. The number of aromatic nitrogens is 1. The van der Waals surface area contributed by atoms with E-state index in [1.54, 1.807) is 6.21 Å². The van der Waals surface area contributed by atoms with Crippen LogP contribution in [0.1, 0.15) is 17.0 Å². The first-order chi connectivity index (χ1) is 13.4.